The number of carbonyl (C=O) groups is 3. The van der Waals surface area contributed by atoms with Crippen LogP contribution in [0.4, 0.5) is 4.79 Å². The lowest BCUT2D eigenvalue weighted by Crippen LogP contribution is -2.44. The molecule has 0 spiro atoms. The molecule has 0 heterocycles. The van der Waals surface area contributed by atoms with E-state index in [9.17, 15) is 14.4 Å². The van der Waals surface area contributed by atoms with Crippen LogP contribution < -0.4 is 5.32 Å². The van der Waals surface area contributed by atoms with Gasteiger partial charge in [-0.05, 0) is 33.6 Å². The molecule has 0 saturated heterocycles. The Kier molecular flexibility index (Phi) is 8.35. The topological polar surface area (TPSA) is 81.7 Å². The Morgan fingerprint density at radius 3 is 2.33 bits per heavy atom. The summed E-state index contributed by atoms with van der Waals surface area (Å²) in [4.78, 5) is 34.9. The molecule has 0 aliphatic carbocycles. The van der Waals surface area contributed by atoms with E-state index in [1.165, 1.54) is 7.11 Å². The summed E-state index contributed by atoms with van der Waals surface area (Å²) in [5.41, 5.74) is -0.662. The molecule has 120 valence electrons. The van der Waals surface area contributed by atoms with Gasteiger partial charge in [0.1, 0.15) is 17.4 Å². The first-order chi connectivity index (χ1) is 9.69. The lowest BCUT2D eigenvalue weighted by molar-refractivity contribution is -0.143. The van der Waals surface area contributed by atoms with Crippen LogP contribution in [0.25, 0.3) is 0 Å². The highest BCUT2D eigenvalue weighted by Gasteiger charge is 2.25. The average molecular weight is 299 g/mol. The van der Waals surface area contributed by atoms with E-state index >= 15 is 0 Å². The zero-order valence-corrected chi connectivity index (χ0v) is 13.2. The van der Waals surface area contributed by atoms with Crippen LogP contribution in [0.5, 0.6) is 0 Å². The third-order valence-electron chi connectivity index (χ3n) is 2.52. The summed E-state index contributed by atoms with van der Waals surface area (Å²) in [6.45, 7) is 8.71. The molecule has 6 heteroatoms. The van der Waals surface area contributed by atoms with Crippen LogP contribution >= 0.6 is 0 Å². The van der Waals surface area contributed by atoms with E-state index in [0.717, 1.165) is 0 Å². The van der Waals surface area contributed by atoms with Crippen LogP contribution in [0.1, 0.15) is 46.5 Å². The second-order valence-corrected chi connectivity index (χ2v) is 5.63. The molecule has 0 rings (SSSR count). The van der Waals surface area contributed by atoms with Gasteiger partial charge in [0, 0.05) is 12.8 Å². The van der Waals surface area contributed by atoms with Crippen LogP contribution in [0.15, 0.2) is 12.7 Å². The number of hydrogen-bond donors (Lipinski definition) is 1. The number of alkyl carbamates (subject to hydrolysis) is 1. The minimum Gasteiger partial charge on any atom is -0.467 e. The number of esters is 1. The predicted molar refractivity (Wildman–Crippen MR) is 78.8 cm³/mol. The molecule has 0 aliphatic heterocycles. The van der Waals surface area contributed by atoms with Gasteiger partial charge in [0.05, 0.1) is 7.11 Å². The van der Waals surface area contributed by atoms with Crippen molar-refractivity contribution in [3.63, 3.8) is 0 Å². The minimum absolute atomic E-state index is 0.00907. The van der Waals surface area contributed by atoms with Crippen molar-refractivity contribution < 1.29 is 23.9 Å². The summed E-state index contributed by atoms with van der Waals surface area (Å²) < 4.78 is 9.70. The van der Waals surface area contributed by atoms with Gasteiger partial charge in [-0.2, -0.15) is 0 Å². The fourth-order valence-corrected chi connectivity index (χ4v) is 1.53. The number of ketones is 1. The number of methoxy groups -OCH3 is 1. The van der Waals surface area contributed by atoms with Crippen LogP contribution in [-0.2, 0) is 19.1 Å². The van der Waals surface area contributed by atoms with Crippen molar-refractivity contribution in [1.29, 1.82) is 0 Å². The number of carbonyl (C=O) groups excluding carboxylic acids is 3. The van der Waals surface area contributed by atoms with Crippen molar-refractivity contribution in [1.82, 2.24) is 5.32 Å². The van der Waals surface area contributed by atoms with E-state index in [0.29, 0.717) is 12.8 Å². The predicted octanol–water partition coefficient (Wildman–Crippen LogP) is 2.37. The molecule has 0 unspecified atom stereocenters. The van der Waals surface area contributed by atoms with E-state index in [2.05, 4.69) is 16.6 Å². The van der Waals surface area contributed by atoms with Crippen LogP contribution in [-0.4, -0.2) is 36.6 Å². The lowest BCUT2D eigenvalue weighted by Gasteiger charge is -2.22. The molecule has 1 amide bonds. The SMILES string of the molecule is C=CCCC(=O)CC[C@@H](NC(=O)OC(C)(C)C)C(=O)OC. The monoisotopic (exact) mass is 299 g/mol. The highest BCUT2D eigenvalue weighted by molar-refractivity contribution is 5.83. The molecule has 1 N–H and O–H groups in total. The molecule has 0 fully saturated rings. The van der Waals surface area contributed by atoms with E-state index in [1.807, 2.05) is 0 Å². The van der Waals surface area contributed by atoms with E-state index in [-0.39, 0.29) is 18.6 Å². The summed E-state index contributed by atoms with van der Waals surface area (Å²) in [6, 6.07) is -0.891. The first-order valence-electron chi connectivity index (χ1n) is 6.89. The first-order valence-corrected chi connectivity index (χ1v) is 6.89. The summed E-state index contributed by atoms with van der Waals surface area (Å²) in [5, 5.41) is 2.43. The van der Waals surface area contributed by atoms with Gasteiger partial charge < -0.3 is 14.8 Å². The Bertz CT molecular complexity index is 384. The van der Waals surface area contributed by atoms with E-state index in [1.54, 1.807) is 26.8 Å². The van der Waals surface area contributed by atoms with Gasteiger partial charge in [0.2, 0.25) is 0 Å². The Balaban J connectivity index is 4.46. The summed E-state index contributed by atoms with van der Waals surface area (Å²) in [6.07, 6.45) is 2.29. The van der Waals surface area contributed by atoms with Gasteiger partial charge in [0.15, 0.2) is 0 Å². The Morgan fingerprint density at radius 2 is 1.86 bits per heavy atom. The highest BCUT2D eigenvalue weighted by Crippen LogP contribution is 2.09. The van der Waals surface area contributed by atoms with Crippen molar-refractivity contribution in [2.75, 3.05) is 7.11 Å². The Hall–Kier alpha value is -1.85. The Morgan fingerprint density at radius 1 is 1.24 bits per heavy atom. The first kappa shape index (κ1) is 19.1. The fraction of sp³-hybridized carbons (Fsp3) is 0.667. The molecule has 21 heavy (non-hydrogen) atoms. The van der Waals surface area contributed by atoms with Crippen molar-refractivity contribution in [2.45, 2.75) is 58.1 Å². The zero-order valence-electron chi connectivity index (χ0n) is 13.2. The number of Topliss-reactive ketones (excluding diaryl/α,β-unsaturated/α-hetero) is 1. The molecule has 0 radical (unpaired) electrons. The lowest BCUT2D eigenvalue weighted by atomic mass is 10.1. The molecular formula is C15H25NO5. The molecule has 0 bridgehead atoms. The molecule has 0 saturated carbocycles. The maximum atomic E-state index is 11.7. The average Bonchev–Trinajstić information content (AvgIpc) is 2.37. The molecule has 0 aliphatic rings. The standard InChI is InChI=1S/C15H25NO5/c1-6-7-8-11(17)9-10-12(13(18)20-5)16-14(19)21-15(2,3)4/h6,12H,1,7-10H2,2-5H3,(H,16,19)/t12-/m1/s1. The number of nitrogens with one attached hydrogen (secondary N) is 1. The summed E-state index contributed by atoms with van der Waals surface area (Å²) >= 11 is 0. The van der Waals surface area contributed by atoms with Gasteiger partial charge in [-0.3, -0.25) is 4.79 Å². The van der Waals surface area contributed by atoms with Gasteiger partial charge in [-0.1, -0.05) is 6.08 Å². The molecule has 0 aromatic rings. The number of hydrogen-bond acceptors (Lipinski definition) is 5. The van der Waals surface area contributed by atoms with E-state index in [4.69, 9.17) is 4.74 Å². The van der Waals surface area contributed by atoms with E-state index < -0.39 is 23.7 Å². The van der Waals surface area contributed by atoms with Gasteiger partial charge in [0.25, 0.3) is 0 Å². The van der Waals surface area contributed by atoms with Crippen molar-refractivity contribution in [2.24, 2.45) is 0 Å². The van der Waals surface area contributed by atoms with Crippen molar-refractivity contribution >= 4 is 17.8 Å². The minimum atomic E-state index is -0.891. The second kappa shape index (κ2) is 9.15. The van der Waals surface area contributed by atoms with Crippen molar-refractivity contribution in [3.05, 3.63) is 12.7 Å². The molecule has 1 atom stereocenters. The number of allylic oxidation sites excluding steroid dienone is 1. The maximum absolute atomic E-state index is 11.7. The largest absolute Gasteiger partial charge is 0.467 e. The Labute approximate surface area is 125 Å². The zero-order chi connectivity index (χ0) is 16.5. The third-order valence-corrected chi connectivity index (χ3v) is 2.52. The molecule has 0 aromatic heterocycles. The highest BCUT2D eigenvalue weighted by atomic mass is 16.6. The van der Waals surface area contributed by atoms with Crippen LogP contribution in [0, 0.1) is 0 Å². The summed E-state index contributed by atoms with van der Waals surface area (Å²) in [7, 11) is 1.23. The van der Waals surface area contributed by atoms with Gasteiger partial charge >= 0.3 is 12.1 Å². The van der Waals surface area contributed by atoms with Crippen LogP contribution in [0.3, 0.4) is 0 Å². The molecule has 6 nitrogen and oxygen atoms in total. The molecule has 0 aromatic carbocycles. The van der Waals surface area contributed by atoms with Gasteiger partial charge in [-0.15, -0.1) is 6.58 Å². The number of ether oxygens (including phenoxy) is 2. The second-order valence-electron chi connectivity index (χ2n) is 5.63. The number of rotatable bonds is 8. The normalized spacial score (nSPS) is 12.2. The smallest absolute Gasteiger partial charge is 0.408 e. The molecular weight excluding hydrogens is 274 g/mol. The van der Waals surface area contributed by atoms with Crippen molar-refractivity contribution in [3.8, 4) is 0 Å². The maximum Gasteiger partial charge on any atom is 0.408 e. The third kappa shape index (κ3) is 9.65. The summed E-state index contributed by atoms with van der Waals surface area (Å²) in [5.74, 6) is -0.591. The van der Waals surface area contributed by atoms with Crippen LogP contribution in [0.2, 0.25) is 0 Å². The quantitative estimate of drug-likeness (QED) is 0.549. The number of amides is 1. The van der Waals surface area contributed by atoms with Gasteiger partial charge in [-0.25, -0.2) is 9.59 Å². The fourth-order valence-electron chi connectivity index (χ4n) is 1.53.